The fourth-order valence-corrected chi connectivity index (χ4v) is 2.98. The highest BCUT2D eigenvalue weighted by Gasteiger charge is 2.22. The summed E-state index contributed by atoms with van der Waals surface area (Å²) in [6, 6.07) is 7.38. The summed E-state index contributed by atoms with van der Waals surface area (Å²) in [5.74, 6) is 0.505. The Morgan fingerprint density at radius 2 is 1.95 bits per heavy atom. The number of hydrogen-bond donors (Lipinski definition) is 2. The zero-order chi connectivity index (χ0) is 14.8. The molecule has 3 rings (SSSR count). The summed E-state index contributed by atoms with van der Waals surface area (Å²) >= 11 is 0. The smallest absolute Gasteiger partial charge is 0.255 e. The van der Waals surface area contributed by atoms with Gasteiger partial charge in [0.2, 0.25) is 0 Å². The average molecular weight is 300 g/mol. The molecular weight excluding hydrogens is 276 g/mol. The van der Waals surface area contributed by atoms with Crippen LogP contribution in [0, 0.1) is 5.92 Å². The highest BCUT2D eigenvalue weighted by molar-refractivity contribution is 6.02. The molecule has 0 saturated heterocycles. The van der Waals surface area contributed by atoms with Crippen LogP contribution < -0.4 is 5.32 Å². The predicted octanol–water partition coefficient (Wildman–Crippen LogP) is 3.89. The van der Waals surface area contributed by atoms with Crippen molar-refractivity contribution < 1.29 is 9.90 Å². The topological polar surface area (TPSA) is 62.2 Å². The monoisotopic (exact) mass is 300 g/mol. The Kier molecular flexibility index (Phi) is 5.01. The van der Waals surface area contributed by atoms with E-state index in [9.17, 15) is 9.90 Å². The van der Waals surface area contributed by atoms with Gasteiger partial charge in [0.1, 0.15) is 5.52 Å². The lowest BCUT2D eigenvalue weighted by Gasteiger charge is -2.27. The van der Waals surface area contributed by atoms with Crippen LogP contribution in [0.15, 0.2) is 30.5 Å². The van der Waals surface area contributed by atoms with Crippen molar-refractivity contribution in [3.63, 3.8) is 0 Å². The Morgan fingerprint density at radius 3 is 2.68 bits per heavy atom. The molecule has 0 unspecified atom stereocenters. The predicted molar refractivity (Wildman–Crippen MR) is 89.0 cm³/mol. The minimum Gasteiger partial charge on any atom is -0.505 e. The zero-order valence-corrected chi connectivity index (χ0v) is 12.2. The molecule has 1 amide bonds. The van der Waals surface area contributed by atoms with E-state index in [0.717, 1.165) is 37.0 Å². The van der Waals surface area contributed by atoms with Gasteiger partial charge < -0.3 is 10.4 Å². The van der Waals surface area contributed by atoms with Crippen molar-refractivity contribution in [1.82, 2.24) is 10.3 Å². The molecule has 0 aliphatic heterocycles. The maximum Gasteiger partial charge on any atom is 0.255 e. The van der Waals surface area contributed by atoms with E-state index in [4.69, 9.17) is 0 Å². The number of rotatable bonds is 2. The van der Waals surface area contributed by atoms with Gasteiger partial charge in [-0.15, -0.1) is 0 Å². The van der Waals surface area contributed by atoms with Crippen LogP contribution in [0.2, 0.25) is 0 Å². The number of pyridine rings is 1. The molecule has 1 aliphatic rings. The van der Waals surface area contributed by atoms with E-state index in [1.54, 1.807) is 12.3 Å². The van der Waals surface area contributed by atoms with Crippen LogP contribution in [0.25, 0.3) is 10.9 Å². The van der Waals surface area contributed by atoms with E-state index >= 15 is 0 Å². The molecule has 0 spiro atoms. The standard InChI is InChI=1S/C17H20N2O2.CH4/c1-11-4-7-13(8-5-11)19-17(21)14-9-6-12-3-2-10-18-15(12)16(14)20;/h2-3,6,9-11,13,20H,4-5,7-8H2,1H3,(H,19,21);1H4. The molecule has 118 valence electrons. The van der Waals surface area contributed by atoms with Gasteiger partial charge in [0, 0.05) is 17.6 Å². The van der Waals surface area contributed by atoms with Crippen molar-refractivity contribution in [2.45, 2.75) is 46.1 Å². The molecule has 1 aromatic heterocycles. The molecular formula is C18H24N2O2. The van der Waals surface area contributed by atoms with Crippen molar-refractivity contribution >= 4 is 16.8 Å². The summed E-state index contributed by atoms with van der Waals surface area (Å²) in [7, 11) is 0. The van der Waals surface area contributed by atoms with Crippen molar-refractivity contribution in [2.24, 2.45) is 5.92 Å². The largest absolute Gasteiger partial charge is 0.505 e. The fourth-order valence-electron chi connectivity index (χ4n) is 2.98. The van der Waals surface area contributed by atoms with Crippen LogP contribution in [0.5, 0.6) is 5.75 Å². The number of benzene rings is 1. The molecule has 2 aromatic rings. The number of aromatic hydroxyl groups is 1. The second-order valence-corrected chi connectivity index (χ2v) is 5.97. The summed E-state index contributed by atoms with van der Waals surface area (Å²) < 4.78 is 0. The molecule has 1 heterocycles. The van der Waals surface area contributed by atoms with Gasteiger partial charge >= 0.3 is 0 Å². The summed E-state index contributed by atoms with van der Waals surface area (Å²) in [4.78, 5) is 16.5. The second kappa shape index (κ2) is 6.77. The van der Waals surface area contributed by atoms with Gasteiger partial charge in [-0.25, -0.2) is 0 Å². The molecule has 0 bridgehead atoms. The van der Waals surface area contributed by atoms with E-state index < -0.39 is 0 Å². The number of amides is 1. The minimum atomic E-state index is -0.209. The molecule has 1 aromatic carbocycles. The van der Waals surface area contributed by atoms with E-state index in [1.165, 1.54) is 0 Å². The Labute approximate surface area is 131 Å². The van der Waals surface area contributed by atoms with Crippen molar-refractivity contribution in [3.05, 3.63) is 36.0 Å². The number of hydrogen-bond acceptors (Lipinski definition) is 3. The van der Waals surface area contributed by atoms with Crippen molar-refractivity contribution in [1.29, 1.82) is 0 Å². The van der Waals surface area contributed by atoms with Gasteiger partial charge in [-0.05, 0) is 43.7 Å². The fraction of sp³-hybridized carbons (Fsp3) is 0.444. The average Bonchev–Trinajstić information content (AvgIpc) is 2.50. The summed E-state index contributed by atoms with van der Waals surface area (Å²) in [6.07, 6.45) is 5.94. The van der Waals surface area contributed by atoms with Crippen LogP contribution in [0.1, 0.15) is 50.4 Å². The van der Waals surface area contributed by atoms with E-state index in [1.807, 2.05) is 18.2 Å². The number of carbonyl (C=O) groups is 1. The first-order valence-electron chi connectivity index (χ1n) is 7.52. The molecule has 0 radical (unpaired) electrons. The van der Waals surface area contributed by atoms with Crippen molar-refractivity contribution in [3.8, 4) is 5.75 Å². The van der Waals surface area contributed by atoms with E-state index in [2.05, 4.69) is 17.2 Å². The van der Waals surface area contributed by atoms with Crippen LogP contribution in [0.3, 0.4) is 0 Å². The van der Waals surface area contributed by atoms with Crippen LogP contribution >= 0.6 is 0 Å². The maximum atomic E-state index is 12.4. The summed E-state index contributed by atoms with van der Waals surface area (Å²) in [5, 5.41) is 14.1. The first-order chi connectivity index (χ1) is 10.1. The summed E-state index contributed by atoms with van der Waals surface area (Å²) in [5.41, 5.74) is 0.780. The Balaban J connectivity index is 0.00000176. The van der Waals surface area contributed by atoms with Crippen LogP contribution in [-0.2, 0) is 0 Å². The molecule has 1 fully saturated rings. The third-order valence-electron chi connectivity index (χ3n) is 4.34. The molecule has 2 N–H and O–H groups in total. The minimum absolute atomic E-state index is 0. The van der Waals surface area contributed by atoms with Gasteiger partial charge in [-0.1, -0.05) is 26.5 Å². The number of aromatic nitrogens is 1. The van der Waals surface area contributed by atoms with Gasteiger partial charge in [-0.2, -0.15) is 0 Å². The van der Waals surface area contributed by atoms with Crippen LogP contribution in [-0.4, -0.2) is 22.0 Å². The number of phenols is 1. The van der Waals surface area contributed by atoms with E-state index in [0.29, 0.717) is 11.1 Å². The molecule has 4 heteroatoms. The maximum absolute atomic E-state index is 12.4. The molecule has 22 heavy (non-hydrogen) atoms. The SMILES string of the molecule is C.CC1CCC(NC(=O)c2ccc3cccnc3c2O)CC1. The normalized spacial score (nSPS) is 21.1. The first kappa shape index (κ1) is 16.3. The highest BCUT2D eigenvalue weighted by atomic mass is 16.3. The molecule has 1 aliphatic carbocycles. The number of nitrogens with zero attached hydrogens (tertiary/aromatic N) is 1. The Hall–Kier alpha value is -2.10. The lowest BCUT2D eigenvalue weighted by molar-refractivity contribution is 0.0920. The first-order valence-corrected chi connectivity index (χ1v) is 7.52. The zero-order valence-electron chi connectivity index (χ0n) is 12.2. The van der Waals surface area contributed by atoms with Gasteiger partial charge in [0.25, 0.3) is 5.91 Å². The number of fused-ring (bicyclic) bond motifs is 1. The van der Waals surface area contributed by atoms with Crippen molar-refractivity contribution in [2.75, 3.05) is 0 Å². The van der Waals surface area contributed by atoms with Gasteiger partial charge in [0.05, 0.1) is 5.56 Å². The molecule has 1 saturated carbocycles. The lowest BCUT2D eigenvalue weighted by atomic mass is 9.87. The number of carbonyl (C=O) groups excluding carboxylic acids is 1. The quantitative estimate of drug-likeness (QED) is 0.884. The lowest BCUT2D eigenvalue weighted by Crippen LogP contribution is -2.37. The Morgan fingerprint density at radius 1 is 1.23 bits per heavy atom. The summed E-state index contributed by atoms with van der Waals surface area (Å²) in [6.45, 7) is 2.25. The van der Waals surface area contributed by atoms with Gasteiger partial charge in [0.15, 0.2) is 5.75 Å². The van der Waals surface area contributed by atoms with Crippen LogP contribution in [0.4, 0.5) is 0 Å². The molecule has 0 atom stereocenters. The van der Waals surface area contributed by atoms with E-state index in [-0.39, 0.29) is 25.1 Å². The Bertz CT molecular complexity index is 661. The number of phenolic OH excluding ortho intramolecular Hbond substituents is 1. The third kappa shape index (κ3) is 3.21. The highest BCUT2D eigenvalue weighted by Crippen LogP contribution is 2.28. The third-order valence-corrected chi connectivity index (χ3v) is 4.34. The van der Waals surface area contributed by atoms with Gasteiger partial charge in [-0.3, -0.25) is 9.78 Å². The number of nitrogens with one attached hydrogen (secondary N) is 1. The second-order valence-electron chi connectivity index (χ2n) is 5.97. The molecule has 4 nitrogen and oxygen atoms in total.